The summed E-state index contributed by atoms with van der Waals surface area (Å²) in [5.74, 6) is -0.0423. The average molecular weight is 299 g/mol. The van der Waals surface area contributed by atoms with E-state index in [9.17, 15) is 9.59 Å². The van der Waals surface area contributed by atoms with Gasteiger partial charge in [-0.1, -0.05) is 6.92 Å². The van der Waals surface area contributed by atoms with Crippen LogP contribution in [0.1, 0.15) is 29.5 Å². The summed E-state index contributed by atoms with van der Waals surface area (Å²) in [5, 5.41) is 2.69. The van der Waals surface area contributed by atoms with Crippen LogP contribution in [0.2, 0.25) is 0 Å². The molecule has 0 spiro atoms. The van der Waals surface area contributed by atoms with E-state index < -0.39 is 0 Å². The first-order chi connectivity index (χ1) is 10.7. The Morgan fingerprint density at radius 3 is 2.64 bits per heavy atom. The Balaban J connectivity index is 1.90. The Morgan fingerprint density at radius 2 is 2.00 bits per heavy atom. The van der Waals surface area contributed by atoms with Crippen molar-refractivity contribution in [2.45, 2.75) is 13.3 Å². The number of hydrogen-bond acceptors (Lipinski definition) is 4. The molecule has 0 atom stereocenters. The van der Waals surface area contributed by atoms with E-state index in [0.29, 0.717) is 23.6 Å². The average Bonchev–Trinajstić information content (AvgIpc) is 3.05. The molecule has 0 aliphatic rings. The van der Waals surface area contributed by atoms with Gasteiger partial charge in [0.25, 0.3) is 0 Å². The number of carbonyl (C=O) groups excluding carboxylic acids is 2. The van der Waals surface area contributed by atoms with Crippen LogP contribution in [0.5, 0.6) is 0 Å². The van der Waals surface area contributed by atoms with Gasteiger partial charge in [0.15, 0.2) is 0 Å². The van der Waals surface area contributed by atoms with Crippen molar-refractivity contribution in [3.8, 4) is 0 Å². The minimum Gasteiger partial charge on any atom is -0.465 e. The number of furan rings is 1. The number of benzene rings is 1. The first-order valence-corrected chi connectivity index (χ1v) is 6.99. The monoisotopic (exact) mass is 299 g/mol. The van der Waals surface area contributed by atoms with Gasteiger partial charge in [-0.15, -0.1) is 0 Å². The lowest BCUT2D eigenvalue weighted by Gasteiger charge is -2.05. The lowest BCUT2D eigenvalue weighted by atomic mass is 10.2. The molecule has 114 valence electrons. The van der Waals surface area contributed by atoms with Gasteiger partial charge >= 0.3 is 5.97 Å². The van der Waals surface area contributed by atoms with Crippen LogP contribution in [0.3, 0.4) is 0 Å². The highest BCUT2D eigenvalue weighted by molar-refractivity contribution is 6.02. The van der Waals surface area contributed by atoms with Crippen LogP contribution in [0, 0.1) is 0 Å². The second kappa shape index (κ2) is 7.83. The molecule has 1 aromatic heterocycles. The van der Waals surface area contributed by atoms with E-state index in [4.69, 9.17) is 9.15 Å². The number of ether oxygens (including phenoxy) is 1. The van der Waals surface area contributed by atoms with Crippen LogP contribution in [-0.2, 0) is 9.53 Å². The lowest BCUT2D eigenvalue weighted by molar-refractivity contribution is -0.111. The predicted molar refractivity (Wildman–Crippen MR) is 83.4 cm³/mol. The van der Waals surface area contributed by atoms with Crippen molar-refractivity contribution in [1.82, 2.24) is 0 Å². The maximum absolute atomic E-state index is 11.7. The van der Waals surface area contributed by atoms with Gasteiger partial charge in [0.1, 0.15) is 5.76 Å². The van der Waals surface area contributed by atoms with E-state index >= 15 is 0 Å². The fraction of sp³-hybridized carbons (Fsp3) is 0.176. The van der Waals surface area contributed by atoms with Crippen LogP contribution in [0.4, 0.5) is 5.69 Å². The highest BCUT2D eigenvalue weighted by atomic mass is 16.5. The van der Waals surface area contributed by atoms with Gasteiger partial charge in [0.2, 0.25) is 5.91 Å². The second-order valence-corrected chi connectivity index (χ2v) is 4.55. The summed E-state index contributed by atoms with van der Waals surface area (Å²) in [5.41, 5.74) is 1.05. The van der Waals surface area contributed by atoms with Gasteiger partial charge in [-0.05, 0) is 48.9 Å². The number of anilines is 1. The molecule has 1 N–H and O–H groups in total. The normalized spacial score (nSPS) is 10.6. The lowest BCUT2D eigenvalue weighted by Crippen LogP contribution is -2.09. The van der Waals surface area contributed by atoms with Gasteiger partial charge in [-0.25, -0.2) is 4.79 Å². The molecule has 5 nitrogen and oxygen atoms in total. The fourth-order valence-electron chi connectivity index (χ4n) is 1.70. The number of nitrogens with one attached hydrogen (secondary N) is 1. The summed E-state index contributed by atoms with van der Waals surface area (Å²) >= 11 is 0. The van der Waals surface area contributed by atoms with Gasteiger partial charge in [0, 0.05) is 11.8 Å². The maximum Gasteiger partial charge on any atom is 0.338 e. The third kappa shape index (κ3) is 4.63. The van der Waals surface area contributed by atoms with E-state index in [1.165, 1.54) is 12.3 Å². The van der Waals surface area contributed by atoms with Crippen molar-refractivity contribution < 1.29 is 18.7 Å². The zero-order valence-electron chi connectivity index (χ0n) is 12.2. The highest BCUT2D eigenvalue weighted by Crippen LogP contribution is 2.11. The molecule has 0 bridgehead atoms. The van der Waals surface area contributed by atoms with Crippen LogP contribution in [-0.4, -0.2) is 18.5 Å². The van der Waals surface area contributed by atoms with Crippen LogP contribution < -0.4 is 5.32 Å². The van der Waals surface area contributed by atoms with E-state index in [2.05, 4.69) is 5.32 Å². The molecule has 1 amide bonds. The Bertz CT molecular complexity index is 642. The van der Waals surface area contributed by atoms with Crippen molar-refractivity contribution in [3.05, 3.63) is 60.1 Å². The van der Waals surface area contributed by atoms with Crippen molar-refractivity contribution in [2.24, 2.45) is 0 Å². The first kappa shape index (κ1) is 15.6. The molecular formula is C17H17NO4. The van der Waals surface area contributed by atoms with E-state index in [1.54, 1.807) is 42.5 Å². The summed E-state index contributed by atoms with van der Waals surface area (Å²) in [6, 6.07) is 10.0. The SMILES string of the molecule is CCCOC(=O)c1ccc(NC(=O)/C=C\c2ccco2)cc1. The van der Waals surface area contributed by atoms with Crippen molar-refractivity contribution in [1.29, 1.82) is 0 Å². The standard InChI is InChI=1S/C17H17NO4/c1-2-11-22-17(20)13-5-7-14(8-6-13)18-16(19)10-9-15-4-3-12-21-15/h3-10,12H,2,11H2,1H3,(H,18,19)/b10-9-. The molecule has 5 heteroatoms. The Kier molecular flexibility index (Phi) is 5.54. The molecule has 0 radical (unpaired) electrons. The van der Waals surface area contributed by atoms with Crippen LogP contribution in [0.25, 0.3) is 6.08 Å². The quantitative estimate of drug-likeness (QED) is 0.654. The summed E-state index contributed by atoms with van der Waals surface area (Å²) in [6.07, 6.45) is 5.27. The Hall–Kier alpha value is -2.82. The first-order valence-electron chi connectivity index (χ1n) is 6.99. The molecular weight excluding hydrogens is 282 g/mol. The summed E-state index contributed by atoms with van der Waals surface area (Å²) in [4.78, 5) is 23.4. The van der Waals surface area contributed by atoms with E-state index in [-0.39, 0.29) is 11.9 Å². The topological polar surface area (TPSA) is 68.5 Å². The van der Waals surface area contributed by atoms with Crippen LogP contribution >= 0.6 is 0 Å². The highest BCUT2D eigenvalue weighted by Gasteiger charge is 2.06. The summed E-state index contributed by atoms with van der Waals surface area (Å²) in [7, 11) is 0. The van der Waals surface area contributed by atoms with Crippen molar-refractivity contribution in [3.63, 3.8) is 0 Å². The molecule has 0 aliphatic carbocycles. The Labute approximate surface area is 128 Å². The van der Waals surface area contributed by atoms with Gasteiger partial charge < -0.3 is 14.5 Å². The van der Waals surface area contributed by atoms with E-state index in [0.717, 1.165) is 6.42 Å². The second-order valence-electron chi connectivity index (χ2n) is 4.55. The molecule has 2 aromatic rings. The summed E-state index contributed by atoms with van der Waals surface area (Å²) < 4.78 is 10.1. The number of esters is 1. The molecule has 0 saturated heterocycles. The molecule has 0 unspecified atom stereocenters. The minimum absolute atomic E-state index is 0.280. The molecule has 2 rings (SSSR count). The fourth-order valence-corrected chi connectivity index (χ4v) is 1.70. The van der Waals surface area contributed by atoms with Gasteiger partial charge in [-0.2, -0.15) is 0 Å². The van der Waals surface area contributed by atoms with E-state index in [1.807, 2.05) is 6.92 Å². The third-order valence-corrected chi connectivity index (χ3v) is 2.77. The van der Waals surface area contributed by atoms with Gasteiger partial charge in [0.05, 0.1) is 18.4 Å². The molecule has 1 heterocycles. The molecule has 0 fully saturated rings. The van der Waals surface area contributed by atoms with Gasteiger partial charge in [-0.3, -0.25) is 4.79 Å². The molecule has 22 heavy (non-hydrogen) atoms. The number of hydrogen-bond donors (Lipinski definition) is 1. The minimum atomic E-state index is -0.363. The summed E-state index contributed by atoms with van der Waals surface area (Å²) in [6.45, 7) is 2.33. The predicted octanol–water partition coefficient (Wildman–Crippen LogP) is 3.50. The number of amides is 1. The Morgan fingerprint density at radius 1 is 1.23 bits per heavy atom. The zero-order valence-corrected chi connectivity index (χ0v) is 12.2. The number of carbonyl (C=O) groups is 2. The molecule has 0 aliphatic heterocycles. The largest absolute Gasteiger partial charge is 0.465 e. The third-order valence-electron chi connectivity index (χ3n) is 2.77. The van der Waals surface area contributed by atoms with Crippen molar-refractivity contribution >= 4 is 23.6 Å². The number of rotatable bonds is 6. The maximum atomic E-state index is 11.7. The molecule has 0 saturated carbocycles. The van der Waals surface area contributed by atoms with Crippen molar-refractivity contribution in [2.75, 3.05) is 11.9 Å². The smallest absolute Gasteiger partial charge is 0.338 e. The molecule has 1 aromatic carbocycles. The van der Waals surface area contributed by atoms with Crippen LogP contribution in [0.15, 0.2) is 53.2 Å². The zero-order chi connectivity index (χ0) is 15.8.